The topological polar surface area (TPSA) is 12.0 Å². The lowest BCUT2D eigenvalue weighted by Crippen LogP contribution is -2.22. The minimum atomic E-state index is -0.172. The van der Waals surface area contributed by atoms with Crippen molar-refractivity contribution in [2.45, 2.75) is 19.4 Å². The van der Waals surface area contributed by atoms with E-state index in [4.69, 9.17) is 0 Å². The highest BCUT2D eigenvalue weighted by Crippen LogP contribution is 2.20. The Morgan fingerprint density at radius 3 is 2.58 bits per heavy atom. The lowest BCUT2D eigenvalue weighted by atomic mass is 10.1. The van der Waals surface area contributed by atoms with Crippen LogP contribution in [0.2, 0.25) is 0 Å². The number of benzene rings is 2. The van der Waals surface area contributed by atoms with Crippen LogP contribution in [-0.2, 0) is 6.42 Å². The van der Waals surface area contributed by atoms with Gasteiger partial charge in [0.2, 0.25) is 0 Å². The molecule has 0 saturated carbocycles. The van der Waals surface area contributed by atoms with E-state index >= 15 is 0 Å². The number of halogens is 2. The molecule has 0 fully saturated rings. The summed E-state index contributed by atoms with van der Waals surface area (Å²) in [6.07, 6.45) is 0.948. The Balaban J connectivity index is 1.89. The van der Waals surface area contributed by atoms with Crippen molar-refractivity contribution in [2.24, 2.45) is 0 Å². The maximum Gasteiger partial charge on any atom is 0.129 e. The summed E-state index contributed by atoms with van der Waals surface area (Å²) in [6.45, 7) is 2.82. The Labute approximate surface area is 122 Å². The minimum absolute atomic E-state index is 0.0109. The first-order chi connectivity index (χ1) is 9.16. The highest BCUT2D eigenvalue weighted by atomic mass is 79.9. The summed E-state index contributed by atoms with van der Waals surface area (Å²) < 4.78 is 14.5. The molecule has 0 bridgehead atoms. The zero-order valence-corrected chi connectivity index (χ0v) is 12.5. The van der Waals surface area contributed by atoms with Gasteiger partial charge in [-0.05, 0) is 37.6 Å². The van der Waals surface area contributed by atoms with Crippen molar-refractivity contribution in [2.75, 3.05) is 6.54 Å². The molecule has 2 aromatic rings. The van der Waals surface area contributed by atoms with Gasteiger partial charge in [0.05, 0.1) is 0 Å². The molecular weight excluding hydrogens is 305 g/mol. The van der Waals surface area contributed by atoms with Crippen LogP contribution in [0.5, 0.6) is 0 Å². The van der Waals surface area contributed by atoms with E-state index in [0.717, 1.165) is 17.4 Å². The van der Waals surface area contributed by atoms with Crippen molar-refractivity contribution in [3.05, 3.63) is 69.9 Å². The van der Waals surface area contributed by atoms with E-state index in [-0.39, 0.29) is 11.9 Å². The first kappa shape index (κ1) is 14.2. The third-order valence-corrected chi connectivity index (χ3v) is 3.63. The summed E-state index contributed by atoms with van der Waals surface area (Å²) in [5.41, 5.74) is 2.00. The molecule has 1 unspecified atom stereocenters. The molecule has 0 aliphatic carbocycles. The average Bonchev–Trinajstić information content (AvgIpc) is 2.39. The highest BCUT2D eigenvalue weighted by molar-refractivity contribution is 9.10. The zero-order valence-electron chi connectivity index (χ0n) is 10.9. The van der Waals surface area contributed by atoms with Gasteiger partial charge in [0, 0.05) is 16.1 Å². The van der Waals surface area contributed by atoms with Crippen LogP contribution in [0.15, 0.2) is 53.0 Å². The highest BCUT2D eigenvalue weighted by Gasteiger charge is 2.10. The number of rotatable bonds is 5. The van der Waals surface area contributed by atoms with Crippen LogP contribution in [0, 0.1) is 5.82 Å². The molecule has 1 nitrogen and oxygen atoms in total. The summed E-state index contributed by atoms with van der Waals surface area (Å²) >= 11 is 3.27. The Bertz CT molecular complexity index is 528. The molecule has 0 aromatic heterocycles. The van der Waals surface area contributed by atoms with Gasteiger partial charge in [-0.1, -0.05) is 52.3 Å². The normalized spacial score (nSPS) is 12.4. The van der Waals surface area contributed by atoms with Gasteiger partial charge < -0.3 is 5.32 Å². The van der Waals surface area contributed by atoms with Crippen LogP contribution in [0.25, 0.3) is 0 Å². The van der Waals surface area contributed by atoms with E-state index in [9.17, 15) is 4.39 Å². The van der Waals surface area contributed by atoms with Crippen LogP contribution in [0.3, 0.4) is 0 Å². The van der Waals surface area contributed by atoms with Gasteiger partial charge in [0.1, 0.15) is 5.82 Å². The molecule has 0 aliphatic rings. The Hall–Kier alpha value is -1.19. The smallest absolute Gasteiger partial charge is 0.129 e. The molecule has 2 rings (SSSR count). The minimum Gasteiger partial charge on any atom is -0.310 e. The fraction of sp³-hybridized carbons (Fsp3) is 0.250. The fourth-order valence-corrected chi connectivity index (χ4v) is 2.37. The molecule has 19 heavy (non-hydrogen) atoms. The predicted octanol–water partition coefficient (Wildman–Crippen LogP) is 4.48. The van der Waals surface area contributed by atoms with Crippen LogP contribution in [0.4, 0.5) is 4.39 Å². The second kappa shape index (κ2) is 6.83. The van der Waals surface area contributed by atoms with Crippen LogP contribution < -0.4 is 5.32 Å². The standard InChI is InChI=1S/C16H17BrFN/c1-12(15-8-7-14(17)11-16(15)18)19-10-9-13-5-3-2-4-6-13/h2-8,11-12,19H,9-10H2,1H3. The molecule has 0 heterocycles. The molecule has 3 heteroatoms. The van der Waals surface area contributed by atoms with Crippen molar-refractivity contribution in [1.82, 2.24) is 5.32 Å². The zero-order chi connectivity index (χ0) is 13.7. The third-order valence-electron chi connectivity index (χ3n) is 3.14. The second-order valence-corrected chi connectivity index (χ2v) is 5.49. The quantitative estimate of drug-likeness (QED) is 0.856. The molecule has 0 radical (unpaired) electrons. The van der Waals surface area contributed by atoms with E-state index in [1.54, 1.807) is 0 Å². The number of hydrogen-bond donors (Lipinski definition) is 1. The first-order valence-electron chi connectivity index (χ1n) is 6.39. The van der Waals surface area contributed by atoms with E-state index in [0.29, 0.717) is 5.56 Å². The average molecular weight is 322 g/mol. The lowest BCUT2D eigenvalue weighted by molar-refractivity contribution is 0.530. The molecule has 1 N–H and O–H groups in total. The third kappa shape index (κ3) is 4.15. The van der Waals surface area contributed by atoms with Crippen LogP contribution in [0.1, 0.15) is 24.1 Å². The summed E-state index contributed by atoms with van der Waals surface area (Å²) in [7, 11) is 0. The van der Waals surface area contributed by atoms with Gasteiger partial charge in [-0.2, -0.15) is 0 Å². The van der Waals surface area contributed by atoms with Gasteiger partial charge in [0.15, 0.2) is 0 Å². The molecule has 0 spiro atoms. The van der Waals surface area contributed by atoms with Crippen LogP contribution in [-0.4, -0.2) is 6.54 Å². The van der Waals surface area contributed by atoms with Crippen LogP contribution >= 0.6 is 15.9 Å². The van der Waals surface area contributed by atoms with Crippen molar-refractivity contribution >= 4 is 15.9 Å². The monoisotopic (exact) mass is 321 g/mol. The largest absolute Gasteiger partial charge is 0.310 e. The van der Waals surface area contributed by atoms with E-state index in [1.165, 1.54) is 11.6 Å². The summed E-state index contributed by atoms with van der Waals surface area (Å²) in [4.78, 5) is 0. The van der Waals surface area contributed by atoms with Gasteiger partial charge in [-0.3, -0.25) is 0 Å². The van der Waals surface area contributed by atoms with Gasteiger partial charge in [-0.25, -0.2) is 4.39 Å². The Kier molecular flexibility index (Phi) is 5.11. The molecule has 1 atom stereocenters. The molecule has 0 aliphatic heterocycles. The summed E-state index contributed by atoms with van der Waals surface area (Å²) in [5, 5.41) is 3.35. The predicted molar refractivity (Wildman–Crippen MR) is 80.7 cm³/mol. The maximum atomic E-state index is 13.8. The van der Waals surface area contributed by atoms with Crippen molar-refractivity contribution in [3.63, 3.8) is 0 Å². The molecule has 100 valence electrons. The first-order valence-corrected chi connectivity index (χ1v) is 7.18. The molecule has 0 saturated heterocycles. The number of nitrogens with one attached hydrogen (secondary N) is 1. The fourth-order valence-electron chi connectivity index (χ4n) is 2.04. The maximum absolute atomic E-state index is 13.8. The van der Waals surface area contributed by atoms with Crippen molar-refractivity contribution in [1.29, 1.82) is 0 Å². The van der Waals surface area contributed by atoms with E-state index in [2.05, 4.69) is 33.4 Å². The molecule has 2 aromatic carbocycles. The summed E-state index contributed by atoms with van der Waals surface area (Å²) in [6, 6.07) is 15.5. The molecular formula is C16H17BrFN. The number of hydrogen-bond acceptors (Lipinski definition) is 1. The molecule has 0 amide bonds. The van der Waals surface area contributed by atoms with Gasteiger partial charge in [0.25, 0.3) is 0 Å². The van der Waals surface area contributed by atoms with Gasteiger partial charge in [-0.15, -0.1) is 0 Å². The van der Waals surface area contributed by atoms with Crippen molar-refractivity contribution in [3.8, 4) is 0 Å². The van der Waals surface area contributed by atoms with E-state index < -0.39 is 0 Å². The SMILES string of the molecule is CC(NCCc1ccccc1)c1ccc(Br)cc1F. The lowest BCUT2D eigenvalue weighted by Gasteiger charge is -2.15. The van der Waals surface area contributed by atoms with E-state index in [1.807, 2.05) is 37.3 Å². The van der Waals surface area contributed by atoms with Crippen molar-refractivity contribution < 1.29 is 4.39 Å². The Morgan fingerprint density at radius 2 is 1.89 bits per heavy atom. The second-order valence-electron chi connectivity index (χ2n) is 4.58. The Morgan fingerprint density at radius 1 is 1.16 bits per heavy atom. The summed E-state index contributed by atoms with van der Waals surface area (Å²) in [5.74, 6) is -0.172. The van der Waals surface area contributed by atoms with Gasteiger partial charge >= 0.3 is 0 Å².